The number of nitrogens with one attached hydrogen (secondary N) is 1. The molecule has 0 atom stereocenters. The predicted octanol–water partition coefficient (Wildman–Crippen LogP) is 4.50. The van der Waals surface area contributed by atoms with Gasteiger partial charge in [-0.1, -0.05) is 23.8 Å². The number of rotatable bonds is 6. The third-order valence-electron chi connectivity index (χ3n) is 3.78. The van der Waals surface area contributed by atoms with Gasteiger partial charge in [0.05, 0.1) is 11.7 Å². The van der Waals surface area contributed by atoms with Crippen LogP contribution in [0.2, 0.25) is 0 Å². The topological polar surface area (TPSA) is 47.6 Å². The number of ether oxygens (including phenoxy) is 2. The van der Waals surface area contributed by atoms with E-state index in [1.54, 1.807) is 7.11 Å². The molecule has 0 unspecified atom stereocenters. The normalized spacial score (nSPS) is 14.3. The molecule has 2 aromatic rings. The lowest BCUT2D eigenvalue weighted by Gasteiger charge is -2.14. The molecule has 0 aliphatic carbocycles. The van der Waals surface area contributed by atoms with Gasteiger partial charge in [0.25, 0.3) is 5.91 Å². The molecule has 0 spiro atoms. The van der Waals surface area contributed by atoms with Crippen LogP contribution in [0.1, 0.15) is 15.7 Å². The van der Waals surface area contributed by atoms with E-state index < -0.39 is 0 Å². The molecule has 1 N–H and O–H groups in total. The summed E-state index contributed by atoms with van der Waals surface area (Å²) < 4.78 is 11.5. The Morgan fingerprint density at radius 3 is 2.52 bits per heavy atom. The molecule has 25 heavy (non-hydrogen) atoms. The molecule has 1 fully saturated rings. The van der Waals surface area contributed by atoms with Crippen LogP contribution in [0.4, 0.5) is 5.69 Å². The summed E-state index contributed by atoms with van der Waals surface area (Å²) in [5, 5.41) is 2.82. The van der Waals surface area contributed by atoms with Crippen LogP contribution in [0, 0.1) is 6.92 Å². The van der Waals surface area contributed by atoms with Gasteiger partial charge < -0.3 is 14.8 Å². The first-order valence-corrected chi connectivity index (χ1v) is 10.2. The Balaban J connectivity index is 1.59. The number of thioether (sulfide) groups is 2. The van der Waals surface area contributed by atoms with Crippen LogP contribution in [-0.2, 0) is 4.79 Å². The monoisotopic (exact) mass is 375 g/mol. The second kappa shape index (κ2) is 8.54. The van der Waals surface area contributed by atoms with E-state index >= 15 is 0 Å². The van der Waals surface area contributed by atoms with E-state index in [2.05, 4.69) is 5.32 Å². The summed E-state index contributed by atoms with van der Waals surface area (Å²) in [5.41, 5.74) is 3.13. The van der Waals surface area contributed by atoms with Crippen LogP contribution < -0.4 is 14.8 Å². The van der Waals surface area contributed by atoms with Crippen LogP contribution in [0.15, 0.2) is 42.5 Å². The van der Waals surface area contributed by atoms with Crippen molar-refractivity contribution >= 4 is 35.1 Å². The second-order valence-corrected chi connectivity index (χ2v) is 8.41. The summed E-state index contributed by atoms with van der Waals surface area (Å²) in [6.07, 6.45) is 0. The Morgan fingerprint density at radius 1 is 1.12 bits per heavy atom. The fourth-order valence-corrected chi connectivity index (χ4v) is 5.32. The zero-order chi connectivity index (χ0) is 17.6. The number of hydrogen-bond donors (Lipinski definition) is 1. The lowest BCUT2D eigenvalue weighted by Crippen LogP contribution is -2.20. The number of carbonyl (C=O) groups excluding carboxylic acids is 1. The van der Waals surface area contributed by atoms with Gasteiger partial charge in [-0.25, -0.2) is 0 Å². The number of carbonyl (C=O) groups is 1. The Hall–Kier alpha value is -1.79. The molecular weight excluding hydrogens is 354 g/mol. The molecule has 3 rings (SSSR count). The summed E-state index contributed by atoms with van der Waals surface area (Å²) in [6, 6.07) is 13.6. The lowest BCUT2D eigenvalue weighted by molar-refractivity contribution is -0.118. The van der Waals surface area contributed by atoms with E-state index in [1.165, 1.54) is 17.1 Å². The van der Waals surface area contributed by atoms with Crippen LogP contribution >= 0.6 is 23.5 Å². The third kappa shape index (κ3) is 4.86. The fraction of sp³-hybridized carbons (Fsp3) is 0.316. The fourth-order valence-electron chi connectivity index (χ4n) is 2.48. The summed E-state index contributed by atoms with van der Waals surface area (Å²) >= 11 is 3.89. The van der Waals surface area contributed by atoms with E-state index in [1.807, 2.05) is 72.9 Å². The third-order valence-corrected chi connectivity index (χ3v) is 6.88. The highest BCUT2D eigenvalue weighted by Crippen LogP contribution is 2.46. The van der Waals surface area contributed by atoms with Gasteiger partial charge >= 0.3 is 0 Å². The van der Waals surface area contributed by atoms with Gasteiger partial charge in [-0.15, -0.1) is 23.5 Å². The molecule has 1 aliphatic rings. The molecule has 1 aliphatic heterocycles. The molecule has 0 saturated carbocycles. The molecular formula is C19H21NO3S2. The standard InChI is InChI=1S/C19H21NO3S2/c1-13-3-6-15(7-4-13)20-18(21)12-23-16-8-5-14(11-17(16)22-2)19-24-9-10-25-19/h3-8,11,19H,9-10,12H2,1-2H3,(H,20,21). The van der Waals surface area contributed by atoms with E-state index in [9.17, 15) is 4.79 Å². The van der Waals surface area contributed by atoms with Crippen molar-refractivity contribution in [1.29, 1.82) is 0 Å². The van der Waals surface area contributed by atoms with Crippen molar-refractivity contribution in [2.45, 2.75) is 11.5 Å². The first kappa shape index (κ1) is 18.0. The minimum Gasteiger partial charge on any atom is -0.493 e. The smallest absolute Gasteiger partial charge is 0.262 e. The van der Waals surface area contributed by atoms with Crippen molar-refractivity contribution in [3.05, 3.63) is 53.6 Å². The molecule has 132 valence electrons. The van der Waals surface area contributed by atoms with Crippen molar-refractivity contribution in [3.8, 4) is 11.5 Å². The van der Waals surface area contributed by atoms with Crippen LogP contribution in [0.3, 0.4) is 0 Å². The van der Waals surface area contributed by atoms with Crippen molar-refractivity contribution < 1.29 is 14.3 Å². The van der Waals surface area contributed by atoms with Crippen molar-refractivity contribution in [1.82, 2.24) is 0 Å². The first-order valence-electron chi connectivity index (χ1n) is 8.06. The van der Waals surface area contributed by atoms with Gasteiger partial charge in [0, 0.05) is 17.2 Å². The van der Waals surface area contributed by atoms with Crippen LogP contribution in [-0.4, -0.2) is 31.1 Å². The Bertz CT molecular complexity index is 728. The number of methoxy groups -OCH3 is 1. The van der Waals surface area contributed by atoms with E-state index in [0.717, 1.165) is 11.3 Å². The Labute approximate surface area is 156 Å². The summed E-state index contributed by atoms with van der Waals surface area (Å²) in [5.74, 6) is 3.40. The molecule has 2 aromatic carbocycles. The first-order chi connectivity index (χ1) is 12.2. The molecule has 1 heterocycles. The van der Waals surface area contributed by atoms with E-state index in [-0.39, 0.29) is 12.5 Å². The Morgan fingerprint density at radius 2 is 1.84 bits per heavy atom. The zero-order valence-electron chi connectivity index (χ0n) is 14.3. The highest BCUT2D eigenvalue weighted by atomic mass is 32.2. The van der Waals surface area contributed by atoms with Crippen LogP contribution in [0.5, 0.6) is 11.5 Å². The zero-order valence-corrected chi connectivity index (χ0v) is 15.9. The largest absolute Gasteiger partial charge is 0.493 e. The average molecular weight is 376 g/mol. The second-order valence-electron chi connectivity index (χ2n) is 5.69. The van der Waals surface area contributed by atoms with Gasteiger partial charge in [-0.2, -0.15) is 0 Å². The molecule has 1 saturated heterocycles. The maximum atomic E-state index is 12.1. The van der Waals surface area contributed by atoms with Gasteiger partial charge in [-0.3, -0.25) is 4.79 Å². The molecule has 4 nitrogen and oxygen atoms in total. The lowest BCUT2D eigenvalue weighted by atomic mass is 10.2. The van der Waals surface area contributed by atoms with Crippen molar-refractivity contribution in [2.24, 2.45) is 0 Å². The minimum absolute atomic E-state index is 0.0590. The van der Waals surface area contributed by atoms with Crippen LogP contribution in [0.25, 0.3) is 0 Å². The average Bonchev–Trinajstić information content (AvgIpc) is 3.16. The molecule has 6 heteroatoms. The predicted molar refractivity (Wildman–Crippen MR) is 106 cm³/mol. The number of hydrogen-bond acceptors (Lipinski definition) is 5. The number of aryl methyl sites for hydroxylation is 1. The minimum atomic E-state index is -0.197. The van der Waals surface area contributed by atoms with E-state index in [4.69, 9.17) is 9.47 Å². The summed E-state index contributed by atoms with van der Waals surface area (Å²) in [7, 11) is 1.62. The van der Waals surface area contributed by atoms with Gasteiger partial charge in [0.1, 0.15) is 0 Å². The molecule has 0 bridgehead atoms. The van der Waals surface area contributed by atoms with E-state index in [0.29, 0.717) is 16.1 Å². The highest BCUT2D eigenvalue weighted by Gasteiger charge is 2.20. The quantitative estimate of drug-likeness (QED) is 0.805. The van der Waals surface area contributed by atoms with Gasteiger partial charge in [0.15, 0.2) is 18.1 Å². The summed E-state index contributed by atoms with van der Waals surface area (Å²) in [4.78, 5) is 12.1. The molecule has 0 radical (unpaired) electrons. The number of anilines is 1. The number of benzene rings is 2. The highest BCUT2D eigenvalue weighted by molar-refractivity contribution is 8.19. The van der Waals surface area contributed by atoms with Crippen molar-refractivity contribution in [2.75, 3.05) is 30.5 Å². The SMILES string of the molecule is COc1cc(C2SCCS2)ccc1OCC(=O)Nc1ccc(C)cc1. The maximum Gasteiger partial charge on any atom is 0.262 e. The molecule has 1 amide bonds. The summed E-state index contributed by atoms with van der Waals surface area (Å²) in [6.45, 7) is 1.95. The Kier molecular flexibility index (Phi) is 6.15. The van der Waals surface area contributed by atoms with Gasteiger partial charge in [-0.05, 0) is 36.8 Å². The van der Waals surface area contributed by atoms with Crippen molar-refractivity contribution in [3.63, 3.8) is 0 Å². The number of amides is 1. The van der Waals surface area contributed by atoms with Gasteiger partial charge in [0.2, 0.25) is 0 Å². The molecule has 0 aromatic heterocycles. The maximum absolute atomic E-state index is 12.1.